The monoisotopic (exact) mass is 433 g/mol. The van der Waals surface area contributed by atoms with Gasteiger partial charge in [0.05, 0.1) is 14.2 Å². The average Bonchev–Trinajstić information content (AvgIpc) is 3.24. The smallest absolute Gasteiger partial charge is 0.264 e. The molecule has 1 heterocycles. The van der Waals surface area contributed by atoms with Gasteiger partial charge in [0.2, 0.25) is 10.0 Å². The summed E-state index contributed by atoms with van der Waals surface area (Å²) in [5, 5.41) is 3.88. The summed E-state index contributed by atoms with van der Waals surface area (Å²) in [6.45, 7) is 0.285. The lowest BCUT2D eigenvalue weighted by molar-refractivity contribution is 0.242. The number of aromatic nitrogens is 2. The van der Waals surface area contributed by atoms with Gasteiger partial charge in [-0.05, 0) is 24.3 Å². The van der Waals surface area contributed by atoms with Crippen LogP contribution in [0.5, 0.6) is 17.2 Å². The molecular weight excluding hydrogens is 410 g/mol. The lowest BCUT2D eigenvalue weighted by atomic mass is 10.3. The molecule has 0 fully saturated rings. The van der Waals surface area contributed by atoms with Crippen LogP contribution in [0.25, 0.3) is 0 Å². The van der Waals surface area contributed by atoms with Crippen molar-refractivity contribution in [1.82, 2.24) is 14.4 Å². The van der Waals surface area contributed by atoms with E-state index in [4.69, 9.17) is 18.7 Å². The van der Waals surface area contributed by atoms with Gasteiger partial charge in [0.25, 0.3) is 5.89 Å². The summed E-state index contributed by atoms with van der Waals surface area (Å²) in [4.78, 5) is 4.27. The summed E-state index contributed by atoms with van der Waals surface area (Å²) in [6.07, 6.45) is 0.275. The lowest BCUT2D eigenvalue weighted by Gasteiger charge is -2.18. The molecule has 0 aliphatic heterocycles. The topological polar surface area (TPSA) is 104 Å². The van der Waals surface area contributed by atoms with E-state index in [1.54, 1.807) is 12.1 Å². The Labute approximate surface area is 175 Å². The van der Waals surface area contributed by atoms with Crippen molar-refractivity contribution in [3.8, 4) is 17.2 Å². The second kappa shape index (κ2) is 9.59. The Morgan fingerprint density at radius 3 is 2.50 bits per heavy atom. The molecule has 0 unspecified atom stereocenters. The van der Waals surface area contributed by atoms with E-state index in [1.807, 2.05) is 30.3 Å². The average molecular weight is 433 g/mol. The highest BCUT2D eigenvalue weighted by molar-refractivity contribution is 7.89. The number of rotatable bonds is 10. The number of likely N-dealkylation sites (N-methyl/N-ethyl adjacent to an activating group) is 1. The van der Waals surface area contributed by atoms with Crippen LogP contribution >= 0.6 is 0 Å². The van der Waals surface area contributed by atoms with Crippen LogP contribution in [0.1, 0.15) is 11.7 Å². The van der Waals surface area contributed by atoms with E-state index in [-0.39, 0.29) is 30.2 Å². The van der Waals surface area contributed by atoms with Gasteiger partial charge in [0.1, 0.15) is 22.1 Å². The quantitative estimate of drug-likeness (QED) is 0.480. The fourth-order valence-electron chi connectivity index (χ4n) is 2.64. The van der Waals surface area contributed by atoms with Crippen LogP contribution in [0.2, 0.25) is 0 Å². The molecule has 3 aromatic rings. The van der Waals surface area contributed by atoms with Crippen molar-refractivity contribution in [2.24, 2.45) is 0 Å². The molecule has 0 aliphatic carbocycles. The van der Waals surface area contributed by atoms with Crippen LogP contribution < -0.4 is 14.2 Å². The molecule has 0 bridgehead atoms. The second-order valence-corrected chi connectivity index (χ2v) is 8.31. The molecular formula is C20H23N3O6S. The summed E-state index contributed by atoms with van der Waals surface area (Å²) in [5.74, 6) is 2.05. The van der Waals surface area contributed by atoms with Gasteiger partial charge in [-0.2, -0.15) is 4.98 Å². The van der Waals surface area contributed by atoms with Crippen molar-refractivity contribution in [3.63, 3.8) is 0 Å². The van der Waals surface area contributed by atoms with E-state index >= 15 is 0 Å². The van der Waals surface area contributed by atoms with Crippen LogP contribution in [-0.2, 0) is 23.1 Å². The number of hydrogen-bond donors (Lipinski definition) is 0. The molecule has 9 nitrogen and oxygen atoms in total. The minimum atomic E-state index is -3.81. The van der Waals surface area contributed by atoms with Gasteiger partial charge in [0.15, 0.2) is 12.4 Å². The summed E-state index contributed by atoms with van der Waals surface area (Å²) >= 11 is 0. The highest BCUT2D eigenvalue weighted by Gasteiger charge is 2.26. The van der Waals surface area contributed by atoms with Gasteiger partial charge in [-0.25, -0.2) is 12.7 Å². The van der Waals surface area contributed by atoms with Crippen molar-refractivity contribution in [2.75, 3.05) is 27.8 Å². The summed E-state index contributed by atoms with van der Waals surface area (Å²) in [7, 11) is 0.559. The maximum atomic E-state index is 13.0. The Kier molecular flexibility index (Phi) is 6.91. The summed E-state index contributed by atoms with van der Waals surface area (Å²) in [5.41, 5.74) is 0. The Balaban J connectivity index is 1.62. The third-order valence-corrected chi connectivity index (χ3v) is 6.20. The first-order chi connectivity index (χ1) is 14.4. The first kappa shape index (κ1) is 21.6. The number of nitrogens with zero attached hydrogens (tertiary/aromatic N) is 3. The molecule has 160 valence electrons. The molecule has 2 aromatic carbocycles. The van der Waals surface area contributed by atoms with Gasteiger partial charge in [0, 0.05) is 26.1 Å². The lowest BCUT2D eigenvalue weighted by Crippen LogP contribution is -2.29. The Bertz CT molecular complexity index is 1070. The van der Waals surface area contributed by atoms with E-state index < -0.39 is 10.0 Å². The second-order valence-electron chi connectivity index (χ2n) is 6.30. The molecule has 30 heavy (non-hydrogen) atoms. The normalized spacial score (nSPS) is 11.5. The molecule has 0 aliphatic rings. The van der Waals surface area contributed by atoms with Crippen molar-refractivity contribution >= 4 is 10.0 Å². The molecule has 1 aromatic heterocycles. The van der Waals surface area contributed by atoms with Gasteiger partial charge < -0.3 is 18.7 Å². The van der Waals surface area contributed by atoms with Crippen LogP contribution in [0.15, 0.2) is 57.9 Å². The van der Waals surface area contributed by atoms with Crippen molar-refractivity contribution < 1.29 is 27.2 Å². The molecule has 0 saturated heterocycles. The maximum Gasteiger partial charge on any atom is 0.264 e. The van der Waals surface area contributed by atoms with Crippen LogP contribution in [-0.4, -0.2) is 50.7 Å². The number of ether oxygens (including phenoxy) is 3. The predicted molar refractivity (Wildman–Crippen MR) is 108 cm³/mol. The largest absolute Gasteiger partial charge is 0.497 e. The van der Waals surface area contributed by atoms with Gasteiger partial charge in [-0.15, -0.1) is 0 Å². The summed E-state index contributed by atoms with van der Waals surface area (Å²) < 4.78 is 48.2. The fourth-order valence-corrected chi connectivity index (χ4v) is 3.98. The van der Waals surface area contributed by atoms with E-state index in [0.29, 0.717) is 23.2 Å². The van der Waals surface area contributed by atoms with Gasteiger partial charge in [-0.1, -0.05) is 23.4 Å². The molecule has 3 rings (SSSR count). The molecule has 10 heteroatoms. The zero-order valence-electron chi connectivity index (χ0n) is 16.9. The first-order valence-electron chi connectivity index (χ1n) is 9.11. The fraction of sp³-hybridized carbons (Fsp3) is 0.300. The summed E-state index contributed by atoms with van der Waals surface area (Å²) in [6, 6.07) is 13.9. The first-order valence-corrected chi connectivity index (χ1v) is 10.6. The van der Waals surface area contributed by atoms with Crippen LogP contribution in [0.4, 0.5) is 0 Å². The molecule has 0 atom stereocenters. The Hall–Kier alpha value is -3.11. The van der Waals surface area contributed by atoms with E-state index in [9.17, 15) is 8.42 Å². The molecule has 0 N–H and O–H groups in total. The highest BCUT2D eigenvalue weighted by atomic mass is 32.2. The Morgan fingerprint density at radius 2 is 1.80 bits per heavy atom. The van der Waals surface area contributed by atoms with Crippen molar-refractivity contribution in [1.29, 1.82) is 0 Å². The van der Waals surface area contributed by atoms with Gasteiger partial charge in [-0.3, -0.25) is 0 Å². The number of methoxy groups -OCH3 is 2. The number of sulfonamides is 1. The SMILES string of the molecule is COc1ccc(OC)c(S(=O)(=O)N(C)CCc2noc(COc3ccccc3)n2)c1. The van der Waals surface area contributed by atoms with E-state index in [2.05, 4.69) is 10.1 Å². The zero-order valence-corrected chi connectivity index (χ0v) is 17.8. The van der Waals surface area contributed by atoms with Crippen molar-refractivity contribution in [3.05, 3.63) is 60.2 Å². The standard InChI is InChI=1S/C20H23N3O6S/c1-23(30(24,25)18-13-16(26-2)9-10-17(18)27-3)12-11-19-21-20(29-22-19)14-28-15-7-5-4-6-8-15/h4-10,13H,11-12,14H2,1-3H3. The Morgan fingerprint density at radius 1 is 1.03 bits per heavy atom. The number of hydrogen-bond acceptors (Lipinski definition) is 8. The molecule has 0 amide bonds. The maximum absolute atomic E-state index is 13.0. The molecule has 0 radical (unpaired) electrons. The van der Waals surface area contributed by atoms with E-state index in [0.717, 1.165) is 0 Å². The number of para-hydroxylation sites is 1. The number of benzene rings is 2. The third-order valence-electron chi connectivity index (χ3n) is 4.32. The molecule has 0 spiro atoms. The van der Waals surface area contributed by atoms with Crippen LogP contribution in [0, 0.1) is 0 Å². The van der Waals surface area contributed by atoms with Gasteiger partial charge >= 0.3 is 0 Å². The zero-order chi connectivity index (χ0) is 21.6. The van der Waals surface area contributed by atoms with E-state index in [1.165, 1.54) is 31.6 Å². The third kappa shape index (κ3) is 5.08. The minimum Gasteiger partial charge on any atom is -0.497 e. The minimum absolute atomic E-state index is 0.0249. The predicted octanol–water partition coefficient (Wildman–Crippen LogP) is 2.53. The molecule has 0 saturated carbocycles. The highest BCUT2D eigenvalue weighted by Crippen LogP contribution is 2.30. The van der Waals surface area contributed by atoms with Crippen LogP contribution in [0.3, 0.4) is 0 Å². The van der Waals surface area contributed by atoms with Crippen molar-refractivity contribution in [2.45, 2.75) is 17.9 Å².